The van der Waals surface area contributed by atoms with Gasteiger partial charge in [-0.05, 0) is 0 Å². The summed E-state index contributed by atoms with van der Waals surface area (Å²) in [7, 11) is 0. The molecule has 0 radical (unpaired) electrons. The Bertz CT molecular complexity index is 43.1. The molecule has 0 aromatic rings. The van der Waals surface area contributed by atoms with E-state index in [-0.39, 0.29) is 21.1 Å². The summed E-state index contributed by atoms with van der Waals surface area (Å²) in [6.07, 6.45) is 0. The van der Waals surface area contributed by atoms with Crippen LogP contribution in [-0.2, 0) is 53.6 Å². The molecule has 0 saturated heterocycles. The molecule has 0 heterocycles. The summed E-state index contributed by atoms with van der Waals surface area (Å²) in [4.78, 5) is 46.5. The maximum absolute atomic E-state index is 8.28. The Morgan fingerprint density at radius 2 is 0.400 bits per heavy atom. The van der Waals surface area contributed by atoms with Gasteiger partial charge in [0.2, 0.25) is 0 Å². The van der Waals surface area contributed by atoms with Crippen LogP contribution in [0.15, 0.2) is 0 Å². The van der Waals surface area contributed by atoms with Crippen LogP contribution in [0.1, 0.15) is 0 Å². The molecule has 88 valence electrons. The van der Waals surface area contributed by atoms with Gasteiger partial charge in [-0.1, -0.05) is 0 Å². The molecule has 0 rings (SSSR count). The van der Waals surface area contributed by atoms with Crippen molar-refractivity contribution in [3.63, 3.8) is 0 Å². The van der Waals surface area contributed by atoms with Crippen molar-refractivity contribution in [2.24, 2.45) is 0 Å². The summed E-state index contributed by atoms with van der Waals surface area (Å²) in [6.45, 7) is 19.5. The quantitative estimate of drug-likeness (QED) is 0.252. The van der Waals surface area contributed by atoms with Gasteiger partial charge >= 0.3 is 20.0 Å². The molecule has 0 bridgehead atoms. The molecule has 0 amide bonds. The Morgan fingerprint density at radius 3 is 0.400 bits per heavy atom. The maximum atomic E-state index is 8.28. The molecule has 0 atom stereocenters. The van der Waals surface area contributed by atoms with Crippen LogP contribution in [-0.4, -0.2) is 57.0 Å². The molecular formula is C6H7AlO7W-6. The van der Waals surface area contributed by atoms with E-state index in [0.29, 0.717) is 16.2 Å². The van der Waals surface area contributed by atoms with E-state index in [9.17, 15) is 0 Å². The van der Waals surface area contributed by atoms with E-state index in [1.807, 2.05) is 0 Å². The van der Waals surface area contributed by atoms with Crippen LogP contribution in [0.4, 0.5) is 0 Å². The minimum Gasteiger partial charge on any atom is 0 e. The molecule has 0 spiro atoms. The van der Waals surface area contributed by atoms with Crippen LogP contribution < -0.4 is 0 Å². The number of rotatable bonds is 0. The Kier molecular flexibility index (Phi) is 8960. The second kappa shape index (κ2) is 2050. The average molecular weight is 402 g/mol. The van der Waals surface area contributed by atoms with E-state index in [2.05, 4.69) is 40.7 Å². The zero-order valence-corrected chi connectivity index (χ0v) is 11.8. The first-order valence-corrected chi connectivity index (χ1v) is 2.28. The van der Waals surface area contributed by atoms with Gasteiger partial charge in [-0.15, -0.1) is 0 Å². The minimum atomic E-state index is 0. The van der Waals surface area contributed by atoms with Crippen LogP contribution in [0.2, 0.25) is 0 Å². The molecule has 0 aliphatic heterocycles. The number of carbonyl (C=O) groups excluding carboxylic acids is 6. The van der Waals surface area contributed by atoms with Crippen molar-refractivity contribution in [1.29, 1.82) is 0 Å². The van der Waals surface area contributed by atoms with Crippen LogP contribution in [0.5, 0.6) is 0 Å². The molecule has 0 saturated carbocycles. The van der Waals surface area contributed by atoms with E-state index in [1.54, 1.807) is 0 Å². The minimum absolute atomic E-state index is 0. The second-order valence-electron chi connectivity index (χ2n) is 0. The first kappa shape index (κ1) is 65.4. The molecule has 15 heavy (non-hydrogen) atoms. The van der Waals surface area contributed by atoms with Crippen LogP contribution in [0.25, 0.3) is 0 Å². The Labute approximate surface area is 110 Å². The van der Waals surface area contributed by atoms with Gasteiger partial charge in [0.15, 0.2) is 0 Å². The number of hydrogen-bond acceptors (Lipinski definition) is 7. The van der Waals surface area contributed by atoms with Crippen molar-refractivity contribution in [1.82, 2.24) is 0 Å². The summed E-state index contributed by atoms with van der Waals surface area (Å²) in [5, 5.41) is 0. The summed E-state index contributed by atoms with van der Waals surface area (Å²) in [6, 6.07) is 0. The SMILES string of the molecule is [CH-]=O.[CH-]=O.[CH-]=O.[CH-]=O.[CH-]=O.[CH-]=O.[O]=[AlH].[W]. The maximum Gasteiger partial charge on any atom is 0 e. The van der Waals surface area contributed by atoms with Gasteiger partial charge in [0.1, 0.15) is 0 Å². The third-order valence-corrected chi connectivity index (χ3v) is 0. The molecule has 0 unspecified atom stereocenters. The van der Waals surface area contributed by atoms with Crippen LogP contribution in [0, 0.1) is 0 Å². The normalized spacial score (nSPS) is 1.80. The average Bonchev–Trinajstić information content (AvgIpc) is 2.45. The monoisotopic (exact) mass is 402 g/mol. The van der Waals surface area contributed by atoms with Gasteiger partial charge in [0.25, 0.3) is 0 Å². The molecule has 0 aromatic heterocycles. The van der Waals surface area contributed by atoms with Gasteiger partial charge in [-0.3, -0.25) is 40.7 Å². The van der Waals surface area contributed by atoms with Gasteiger partial charge in [-0.25, -0.2) is 0 Å². The number of hydrogen-bond donors (Lipinski definition) is 0. The fraction of sp³-hybridized carbons (Fsp3) is 0. The van der Waals surface area contributed by atoms with Gasteiger partial charge in [0, 0.05) is 21.1 Å². The molecule has 0 aliphatic rings. The fourth-order valence-electron chi connectivity index (χ4n) is 0. The van der Waals surface area contributed by atoms with Gasteiger partial charge in [0.05, 0.1) is 0 Å². The summed E-state index contributed by atoms with van der Waals surface area (Å²) in [5.41, 5.74) is 0. The first-order chi connectivity index (χ1) is 7.00. The predicted molar refractivity (Wildman–Crippen MR) is 48.3 cm³/mol. The third kappa shape index (κ3) is 1730. The predicted octanol–water partition coefficient (Wildman–Crippen LogP) is -2.41. The smallest absolute Gasteiger partial charge is 0 e. The van der Waals surface area contributed by atoms with Crippen molar-refractivity contribution < 1.29 is 53.6 Å². The molecule has 0 fully saturated rings. The van der Waals surface area contributed by atoms with Crippen molar-refractivity contribution in [3.8, 4) is 0 Å². The van der Waals surface area contributed by atoms with Crippen molar-refractivity contribution >= 4 is 57.0 Å². The van der Waals surface area contributed by atoms with Crippen molar-refractivity contribution in [3.05, 3.63) is 0 Å². The molecular weight excluding hydrogens is 395 g/mol. The largest absolute Gasteiger partial charge is 0 e. The first-order valence-electron chi connectivity index (χ1n) is 1.70. The third-order valence-electron chi connectivity index (χ3n) is 0. The van der Waals surface area contributed by atoms with E-state index in [4.69, 9.17) is 32.6 Å². The van der Waals surface area contributed by atoms with Gasteiger partial charge < -0.3 is 28.8 Å². The van der Waals surface area contributed by atoms with Gasteiger partial charge in [-0.2, -0.15) is 0 Å². The van der Waals surface area contributed by atoms with E-state index < -0.39 is 0 Å². The molecule has 0 aliphatic carbocycles. The Hall–Kier alpha value is -0.959. The Morgan fingerprint density at radius 1 is 0.400 bits per heavy atom. The fourth-order valence-corrected chi connectivity index (χ4v) is 0. The summed E-state index contributed by atoms with van der Waals surface area (Å²) >= 11 is 0.611. The van der Waals surface area contributed by atoms with Crippen LogP contribution >= 0.6 is 0 Å². The summed E-state index contributed by atoms with van der Waals surface area (Å²) < 4.78 is 8.28. The Balaban J connectivity index is -0.00000000628. The van der Waals surface area contributed by atoms with E-state index in [1.165, 1.54) is 0 Å². The molecule has 7 nitrogen and oxygen atoms in total. The van der Waals surface area contributed by atoms with Crippen LogP contribution in [0.3, 0.4) is 0 Å². The molecule has 0 N–H and O–H groups in total. The summed E-state index contributed by atoms with van der Waals surface area (Å²) in [5.74, 6) is 0. The second-order valence-corrected chi connectivity index (χ2v) is 0. The van der Waals surface area contributed by atoms with Crippen molar-refractivity contribution in [2.45, 2.75) is 0 Å². The zero-order valence-electron chi connectivity index (χ0n) is 7.44. The molecule has 0 aromatic carbocycles. The van der Waals surface area contributed by atoms with Crippen molar-refractivity contribution in [2.75, 3.05) is 0 Å². The van der Waals surface area contributed by atoms with E-state index in [0.717, 1.165) is 0 Å². The van der Waals surface area contributed by atoms with E-state index >= 15 is 0 Å². The zero-order chi connectivity index (χ0) is 14.0. The standard InChI is InChI=1S/6CHO.Al.O.W.H/c6*1-2;;;;/h6*1H;;;;/q6*-1;;;;. The molecule has 9 heteroatoms. The topological polar surface area (TPSA) is 119 Å².